The van der Waals surface area contributed by atoms with Gasteiger partial charge in [-0.1, -0.05) is 42.0 Å². The molecule has 0 bridgehead atoms. The first-order valence-corrected chi connectivity index (χ1v) is 10.5. The van der Waals surface area contributed by atoms with Crippen molar-refractivity contribution in [2.24, 2.45) is 0 Å². The van der Waals surface area contributed by atoms with Gasteiger partial charge in [-0.25, -0.2) is 0 Å². The molecule has 30 heavy (non-hydrogen) atoms. The molecular formula is C26H31NO3. The Bertz CT molecular complexity index is 912. The van der Waals surface area contributed by atoms with Crippen molar-refractivity contribution in [1.82, 2.24) is 4.90 Å². The number of rotatable bonds is 9. The number of hydrogen-bond donors (Lipinski definition) is 0. The zero-order valence-electron chi connectivity index (χ0n) is 18.3. The van der Waals surface area contributed by atoms with E-state index in [9.17, 15) is 4.79 Å². The van der Waals surface area contributed by atoms with Gasteiger partial charge in [0.25, 0.3) is 0 Å². The molecule has 0 radical (unpaired) electrons. The largest absolute Gasteiger partial charge is 0.491 e. The molecule has 0 aliphatic rings. The van der Waals surface area contributed by atoms with Gasteiger partial charge in [0.1, 0.15) is 11.5 Å². The third-order valence-corrected chi connectivity index (χ3v) is 5.19. The lowest BCUT2D eigenvalue weighted by atomic mass is 9.88. The second-order valence-corrected chi connectivity index (χ2v) is 8.01. The second-order valence-electron chi connectivity index (χ2n) is 8.01. The highest BCUT2D eigenvalue weighted by atomic mass is 16.5. The Hall–Kier alpha value is -3.01. The molecule has 1 heterocycles. The van der Waals surface area contributed by atoms with E-state index in [4.69, 9.17) is 9.15 Å². The smallest absolute Gasteiger partial charge is 0.219 e. The van der Waals surface area contributed by atoms with Gasteiger partial charge in [0, 0.05) is 19.4 Å². The van der Waals surface area contributed by atoms with Gasteiger partial charge < -0.3 is 14.1 Å². The molecule has 0 spiro atoms. The average molecular weight is 406 g/mol. The summed E-state index contributed by atoms with van der Waals surface area (Å²) in [5.74, 6) is 1.92. The second kappa shape index (κ2) is 10.1. The van der Waals surface area contributed by atoms with Crippen molar-refractivity contribution in [3.05, 3.63) is 89.4 Å². The van der Waals surface area contributed by atoms with E-state index in [0.29, 0.717) is 13.1 Å². The number of nitrogens with zero attached hydrogens (tertiary/aromatic N) is 1. The van der Waals surface area contributed by atoms with Crippen LogP contribution in [0.5, 0.6) is 5.75 Å². The van der Waals surface area contributed by atoms with E-state index in [0.717, 1.165) is 17.9 Å². The van der Waals surface area contributed by atoms with E-state index in [1.165, 1.54) is 16.7 Å². The van der Waals surface area contributed by atoms with Gasteiger partial charge in [0.05, 0.1) is 18.9 Å². The molecule has 158 valence electrons. The number of hydrogen-bond acceptors (Lipinski definition) is 3. The molecule has 0 N–H and O–H groups in total. The first kappa shape index (κ1) is 21.7. The van der Waals surface area contributed by atoms with Crippen LogP contribution >= 0.6 is 0 Å². The fourth-order valence-corrected chi connectivity index (χ4v) is 3.60. The van der Waals surface area contributed by atoms with Crippen LogP contribution in [0.2, 0.25) is 0 Å². The molecule has 0 fully saturated rings. The summed E-state index contributed by atoms with van der Waals surface area (Å²) < 4.78 is 11.2. The van der Waals surface area contributed by atoms with E-state index >= 15 is 0 Å². The summed E-state index contributed by atoms with van der Waals surface area (Å²) in [4.78, 5) is 14.1. The normalized spacial score (nSPS) is 12.0. The molecule has 3 aromatic rings. The number of furan rings is 1. The Morgan fingerprint density at radius 2 is 1.63 bits per heavy atom. The Morgan fingerprint density at radius 1 is 1.00 bits per heavy atom. The Labute approximate surface area is 179 Å². The van der Waals surface area contributed by atoms with Crippen molar-refractivity contribution in [3.8, 4) is 5.75 Å². The number of carbonyl (C=O) groups excluding carboxylic acids is 1. The van der Waals surface area contributed by atoms with Crippen molar-refractivity contribution < 1.29 is 13.9 Å². The molecule has 1 aromatic heterocycles. The molecule has 4 heteroatoms. The number of aryl methyl sites for hydroxylation is 1. The van der Waals surface area contributed by atoms with Crippen LogP contribution in [0.25, 0.3) is 0 Å². The van der Waals surface area contributed by atoms with Crippen molar-refractivity contribution in [2.75, 3.05) is 6.54 Å². The molecule has 0 unspecified atom stereocenters. The van der Waals surface area contributed by atoms with Crippen LogP contribution in [-0.4, -0.2) is 23.5 Å². The van der Waals surface area contributed by atoms with Gasteiger partial charge in [0.2, 0.25) is 5.91 Å². The predicted octanol–water partition coefficient (Wildman–Crippen LogP) is 5.95. The molecule has 2 aromatic carbocycles. The summed E-state index contributed by atoms with van der Waals surface area (Å²) in [5, 5.41) is 0. The monoisotopic (exact) mass is 405 g/mol. The molecule has 0 saturated heterocycles. The average Bonchev–Trinajstić information content (AvgIpc) is 3.22. The molecule has 0 aliphatic heterocycles. The first-order valence-electron chi connectivity index (χ1n) is 10.5. The summed E-state index contributed by atoms with van der Waals surface area (Å²) in [6.07, 6.45) is 2.62. The maximum atomic E-state index is 12.2. The van der Waals surface area contributed by atoms with Gasteiger partial charge in [0.15, 0.2) is 0 Å². The minimum absolute atomic E-state index is 0.0507. The minimum atomic E-state index is 0.0507. The molecule has 1 atom stereocenters. The molecule has 3 rings (SSSR count). The van der Waals surface area contributed by atoms with E-state index in [-0.39, 0.29) is 17.9 Å². The van der Waals surface area contributed by atoms with Gasteiger partial charge in [-0.15, -0.1) is 0 Å². The van der Waals surface area contributed by atoms with Gasteiger partial charge in [-0.05, 0) is 62.6 Å². The predicted molar refractivity (Wildman–Crippen MR) is 120 cm³/mol. The van der Waals surface area contributed by atoms with Crippen LogP contribution in [0.15, 0.2) is 71.3 Å². The van der Waals surface area contributed by atoms with Gasteiger partial charge in [-0.2, -0.15) is 0 Å². The van der Waals surface area contributed by atoms with Crippen molar-refractivity contribution in [3.63, 3.8) is 0 Å². The van der Waals surface area contributed by atoms with Crippen LogP contribution in [0, 0.1) is 6.92 Å². The fraction of sp³-hybridized carbons (Fsp3) is 0.346. The lowest BCUT2D eigenvalue weighted by molar-refractivity contribution is -0.129. The summed E-state index contributed by atoms with van der Waals surface area (Å²) in [5.41, 5.74) is 3.71. The van der Waals surface area contributed by atoms with Gasteiger partial charge in [-0.3, -0.25) is 4.79 Å². The molecule has 1 amide bonds. The van der Waals surface area contributed by atoms with E-state index in [1.807, 2.05) is 43.0 Å². The van der Waals surface area contributed by atoms with Crippen LogP contribution in [0.4, 0.5) is 0 Å². The standard InChI is InChI=1S/C26H31NO3/c1-19(2)30-24-13-11-23(12-14-24)26(22-9-7-20(3)8-10-22)15-16-27(21(4)28)18-25-6-5-17-29-25/h5-14,17,19,26H,15-16,18H2,1-4H3/t26-/m1/s1. The fourth-order valence-electron chi connectivity index (χ4n) is 3.60. The van der Waals surface area contributed by atoms with Crippen LogP contribution in [0.1, 0.15) is 55.6 Å². The number of ether oxygens (including phenoxy) is 1. The van der Waals surface area contributed by atoms with Crippen molar-refractivity contribution >= 4 is 5.91 Å². The van der Waals surface area contributed by atoms with Gasteiger partial charge >= 0.3 is 0 Å². The number of amides is 1. The maximum absolute atomic E-state index is 12.2. The first-order chi connectivity index (χ1) is 14.4. The Balaban J connectivity index is 1.80. The van der Waals surface area contributed by atoms with E-state index in [1.54, 1.807) is 13.2 Å². The van der Waals surface area contributed by atoms with Crippen LogP contribution < -0.4 is 4.74 Å². The summed E-state index contributed by atoms with van der Waals surface area (Å²) in [7, 11) is 0. The zero-order valence-corrected chi connectivity index (χ0v) is 18.3. The molecule has 0 aliphatic carbocycles. The minimum Gasteiger partial charge on any atom is -0.491 e. The van der Waals surface area contributed by atoms with E-state index in [2.05, 4.69) is 43.3 Å². The quantitative estimate of drug-likeness (QED) is 0.442. The third kappa shape index (κ3) is 5.99. The van der Waals surface area contributed by atoms with Crippen molar-refractivity contribution in [1.29, 1.82) is 0 Å². The Morgan fingerprint density at radius 3 is 2.17 bits per heavy atom. The highest BCUT2D eigenvalue weighted by Crippen LogP contribution is 2.30. The number of carbonyl (C=O) groups is 1. The highest BCUT2D eigenvalue weighted by molar-refractivity contribution is 5.73. The van der Waals surface area contributed by atoms with E-state index < -0.39 is 0 Å². The lowest BCUT2D eigenvalue weighted by Gasteiger charge is -2.25. The number of benzene rings is 2. The Kier molecular flexibility index (Phi) is 7.34. The van der Waals surface area contributed by atoms with Crippen molar-refractivity contribution in [2.45, 2.75) is 52.7 Å². The van der Waals surface area contributed by atoms with Crippen LogP contribution in [-0.2, 0) is 11.3 Å². The van der Waals surface area contributed by atoms with Crippen LogP contribution in [0.3, 0.4) is 0 Å². The summed E-state index contributed by atoms with van der Waals surface area (Å²) in [6, 6.07) is 20.7. The topological polar surface area (TPSA) is 42.7 Å². The summed E-state index contributed by atoms with van der Waals surface area (Å²) >= 11 is 0. The molecular weight excluding hydrogens is 374 g/mol. The molecule has 0 saturated carbocycles. The maximum Gasteiger partial charge on any atom is 0.219 e. The highest BCUT2D eigenvalue weighted by Gasteiger charge is 2.18. The third-order valence-electron chi connectivity index (χ3n) is 5.19. The summed E-state index contributed by atoms with van der Waals surface area (Å²) in [6.45, 7) is 8.90. The molecule has 4 nitrogen and oxygen atoms in total. The lowest BCUT2D eigenvalue weighted by Crippen LogP contribution is -2.30. The SMILES string of the molecule is CC(=O)N(CC[C@H](c1ccc(C)cc1)c1ccc(OC(C)C)cc1)Cc1ccco1. The zero-order chi connectivity index (χ0) is 21.5.